The zero-order valence-corrected chi connectivity index (χ0v) is 10.2. The molecule has 1 aliphatic carbocycles. The lowest BCUT2D eigenvalue weighted by Gasteiger charge is -1.91. The molecule has 0 aromatic carbocycles. The molecule has 0 aromatic heterocycles. The van der Waals surface area contributed by atoms with Crippen molar-refractivity contribution in [2.45, 2.75) is 25.7 Å². The van der Waals surface area contributed by atoms with Crippen molar-refractivity contribution in [1.29, 1.82) is 0 Å². The first-order valence-electron chi connectivity index (χ1n) is 3.26. The van der Waals surface area contributed by atoms with Crippen molar-refractivity contribution in [3.63, 3.8) is 0 Å². The van der Waals surface area contributed by atoms with Gasteiger partial charge in [0.05, 0.1) is 0 Å². The summed E-state index contributed by atoms with van der Waals surface area (Å²) in [5.41, 5.74) is 0. The fourth-order valence-electron chi connectivity index (χ4n) is 1.01. The summed E-state index contributed by atoms with van der Waals surface area (Å²) in [7, 11) is 0. The molecule has 1 aliphatic rings. The molecule has 0 bridgehead atoms. The largest absolute Gasteiger partial charge is 0.560 e. The summed E-state index contributed by atoms with van der Waals surface area (Å²) in [5, 5.41) is 0. The first kappa shape index (κ1) is 10.7. The van der Waals surface area contributed by atoms with Gasteiger partial charge in [0, 0.05) is 0 Å². The van der Waals surface area contributed by atoms with Gasteiger partial charge in [0.2, 0.25) is 0 Å². The Morgan fingerprint density at radius 1 is 1.22 bits per heavy atom. The van der Waals surface area contributed by atoms with E-state index in [1.54, 1.807) is 0 Å². The van der Waals surface area contributed by atoms with Crippen LogP contribution in [0.5, 0.6) is 0 Å². The summed E-state index contributed by atoms with van der Waals surface area (Å²) in [4.78, 5) is 0. The summed E-state index contributed by atoms with van der Waals surface area (Å²) in [6.07, 6.45) is 5.60. The predicted octanol–water partition coefficient (Wildman–Crippen LogP) is 3.32. The molecular weight excluding hydrogens is 256 g/mol. The van der Waals surface area contributed by atoms with E-state index in [2.05, 4.69) is 32.7 Å². The molecular formula is C6H11Br2Mg. The second-order valence-electron chi connectivity index (χ2n) is 2.25. The predicted molar refractivity (Wildman–Crippen MR) is 50.9 cm³/mol. The van der Waals surface area contributed by atoms with Crippen LogP contribution in [0, 0.1) is 12.8 Å². The third-order valence-corrected chi connectivity index (χ3v) is 1.47. The first-order chi connectivity index (χ1) is 4.31. The summed E-state index contributed by atoms with van der Waals surface area (Å²) < 4.78 is 0. The van der Waals surface area contributed by atoms with E-state index in [1.165, 1.54) is 25.7 Å². The lowest BCUT2D eigenvalue weighted by atomic mass is 10.2. The molecule has 0 unspecified atom stereocenters. The molecule has 1 fully saturated rings. The molecule has 0 aliphatic heterocycles. The average molecular weight is 267 g/mol. The van der Waals surface area contributed by atoms with Crippen LogP contribution in [-0.2, 0) is 0 Å². The van der Waals surface area contributed by atoms with E-state index in [4.69, 9.17) is 0 Å². The molecule has 0 N–H and O–H groups in total. The van der Waals surface area contributed by atoms with E-state index in [0.29, 0.717) is 0 Å². The molecule has 0 atom stereocenters. The van der Waals surface area contributed by atoms with Gasteiger partial charge >= 0.3 is 16.0 Å². The van der Waals surface area contributed by atoms with Crippen LogP contribution >= 0.6 is 25.8 Å². The number of rotatable bonds is 0. The minimum atomic E-state index is 0.0417. The zero-order valence-electron chi connectivity index (χ0n) is 5.58. The van der Waals surface area contributed by atoms with E-state index in [9.17, 15) is 0 Å². The Kier molecular flexibility index (Phi) is 9.33. The smallest absolute Gasteiger partial charge is 0.280 e. The minimum Gasteiger partial charge on any atom is -0.280 e. The molecule has 0 amide bonds. The Labute approximate surface area is 79.6 Å². The van der Waals surface area contributed by atoms with Crippen molar-refractivity contribution in [3.05, 3.63) is 6.92 Å². The maximum absolute atomic E-state index is 3.94. The highest BCUT2D eigenvalue weighted by Gasteiger charge is 2.07. The Bertz CT molecular complexity index is 53.0. The van der Waals surface area contributed by atoms with E-state index in [-0.39, 0.29) is 16.0 Å². The van der Waals surface area contributed by atoms with Crippen molar-refractivity contribution in [2.75, 3.05) is 0 Å². The van der Waals surface area contributed by atoms with Crippen LogP contribution in [0.25, 0.3) is 0 Å². The quantitative estimate of drug-likeness (QED) is 0.591. The second-order valence-corrected chi connectivity index (χ2v) is 10.3. The van der Waals surface area contributed by atoms with Crippen LogP contribution in [0.15, 0.2) is 0 Å². The van der Waals surface area contributed by atoms with Crippen LogP contribution in [-0.4, -0.2) is 16.0 Å². The van der Waals surface area contributed by atoms with Crippen LogP contribution < -0.4 is 0 Å². The molecule has 3 heteroatoms. The van der Waals surface area contributed by atoms with E-state index >= 15 is 0 Å². The van der Waals surface area contributed by atoms with E-state index < -0.39 is 0 Å². The summed E-state index contributed by atoms with van der Waals surface area (Å²) in [5.74, 6) is 0.796. The van der Waals surface area contributed by atoms with Gasteiger partial charge in [0.15, 0.2) is 0 Å². The van der Waals surface area contributed by atoms with Crippen LogP contribution in [0.3, 0.4) is 0 Å². The van der Waals surface area contributed by atoms with Gasteiger partial charge in [-0.15, -0.1) is 0 Å². The molecule has 1 saturated carbocycles. The third kappa shape index (κ3) is 7.62. The Morgan fingerprint density at radius 2 is 1.56 bits per heavy atom. The second kappa shape index (κ2) is 7.83. The number of halogens is 2. The zero-order chi connectivity index (χ0) is 7.11. The molecule has 0 spiro atoms. The van der Waals surface area contributed by atoms with Gasteiger partial charge in [-0.3, -0.25) is 25.8 Å². The highest BCUT2D eigenvalue weighted by atomic mass is 79.9. The number of hydrogen-bond acceptors (Lipinski definition) is 0. The Morgan fingerprint density at radius 3 is 1.67 bits per heavy atom. The summed E-state index contributed by atoms with van der Waals surface area (Å²) in [6, 6.07) is 0. The van der Waals surface area contributed by atoms with E-state index in [1.807, 2.05) is 0 Å². The normalized spacial score (nSPS) is 18.1. The highest BCUT2D eigenvalue weighted by molar-refractivity contribution is 9.47. The Hall–Kier alpha value is 1.73. The summed E-state index contributed by atoms with van der Waals surface area (Å²) >= 11 is 6.44. The van der Waals surface area contributed by atoms with Crippen LogP contribution in [0.2, 0.25) is 0 Å². The topological polar surface area (TPSA) is 0 Å². The maximum Gasteiger partial charge on any atom is 0.560 e. The van der Waals surface area contributed by atoms with Gasteiger partial charge in [0.1, 0.15) is 0 Å². The molecule has 1 radical (unpaired) electrons. The Balaban J connectivity index is 0.000000187. The van der Waals surface area contributed by atoms with Gasteiger partial charge in [0.25, 0.3) is 0 Å². The lowest BCUT2D eigenvalue weighted by molar-refractivity contribution is 0.681. The van der Waals surface area contributed by atoms with E-state index in [0.717, 1.165) is 5.92 Å². The van der Waals surface area contributed by atoms with Crippen molar-refractivity contribution >= 4 is 41.8 Å². The van der Waals surface area contributed by atoms with Crippen molar-refractivity contribution in [2.24, 2.45) is 5.92 Å². The molecule has 9 heavy (non-hydrogen) atoms. The highest BCUT2D eigenvalue weighted by Crippen LogP contribution is 2.22. The van der Waals surface area contributed by atoms with Gasteiger partial charge < -0.3 is 0 Å². The maximum atomic E-state index is 3.94. The molecule has 1 rings (SSSR count). The third-order valence-electron chi connectivity index (χ3n) is 1.47. The standard InChI is InChI=1S/C6H11.2BrH.Mg/c1-6-4-2-3-5-6;;;/h6H,1-5H2;2*1H;/q;;;+2/p-2. The summed E-state index contributed by atoms with van der Waals surface area (Å²) in [6.45, 7) is 3.94. The van der Waals surface area contributed by atoms with Gasteiger partial charge in [-0.1, -0.05) is 32.6 Å². The monoisotopic (exact) mass is 265 g/mol. The van der Waals surface area contributed by atoms with Crippen LogP contribution in [0.4, 0.5) is 0 Å². The molecule has 51 valence electrons. The first-order valence-corrected chi connectivity index (χ1v) is 11.1. The van der Waals surface area contributed by atoms with Gasteiger partial charge in [-0.2, -0.15) is 0 Å². The van der Waals surface area contributed by atoms with Crippen molar-refractivity contribution in [3.8, 4) is 0 Å². The molecule has 0 aromatic rings. The molecule has 0 heterocycles. The molecule has 0 saturated heterocycles. The molecule has 0 nitrogen and oxygen atoms in total. The van der Waals surface area contributed by atoms with Crippen molar-refractivity contribution in [1.82, 2.24) is 0 Å². The minimum absolute atomic E-state index is 0.0417. The number of hydrogen-bond donors (Lipinski definition) is 0. The van der Waals surface area contributed by atoms with Gasteiger partial charge in [-0.25, -0.2) is 0 Å². The average Bonchev–Trinajstić information content (AvgIpc) is 2.20. The SMILES string of the molecule is [Br][Mg][Br].[CH2]C1CCCC1. The fourth-order valence-corrected chi connectivity index (χ4v) is 1.01. The van der Waals surface area contributed by atoms with Crippen molar-refractivity contribution < 1.29 is 0 Å². The van der Waals surface area contributed by atoms with Gasteiger partial charge in [-0.05, 0) is 5.92 Å². The fraction of sp³-hybridized carbons (Fsp3) is 0.833. The lowest BCUT2D eigenvalue weighted by Crippen LogP contribution is -1.79. The van der Waals surface area contributed by atoms with Crippen LogP contribution in [0.1, 0.15) is 25.7 Å².